The van der Waals surface area contributed by atoms with E-state index in [9.17, 15) is 15.2 Å². The van der Waals surface area contributed by atoms with E-state index in [0.29, 0.717) is 28.8 Å². The molecule has 0 bridgehead atoms. The van der Waals surface area contributed by atoms with Crippen molar-refractivity contribution in [3.8, 4) is 0 Å². The first-order chi connectivity index (χ1) is 16.5. The first-order valence-electron chi connectivity index (χ1n) is 11.2. The Morgan fingerprint density at radius 1 is 1.03 bits per heavy atom. The highest BCUT2D eigenvalue weighted by molar-refractivity contribution is 7.22. The number of nitro benzene ring substituents is 1. The minimum atomic E-state index is -0.408. The normalized spacial score (nSPS) is 18.0. The summed E-state index contributed by atoms with van der Waals surface area (Å²) in [6.45, 7) is 0. The lowest BCUT2D eigenvalue weighted by Crippen LogP contribution is -2.29. The van der Waals surface area contributed by atoms with Crippen LogP contribution in [0.1, 0.15) is 36.9 Å². The smallest absolute Gasteiger partial charge is 0.270 e. The monoisotopic (exact) mass is 476 g/mol. The van der Waals surface area contributed by atoms with Gasteiger partial charge >= 0.3 is 0 Å². The van der Waals surface area contributed by atoms with Crippen LogP contribution < -0.4 is 10.6 Å². The Morgan fingerprint density at radius 2 is 1.82 bits per heavy atom. The van der Waals surface area contributed by atoms with Crippen LogP contribution in [0.3, 0.4) is 0 Å². The first kappa shape index (κ1) is 22.2. The van der Waals surface area contributed by atoms with Crippen LogP contribution in [0.5, 0.6) is 0 Å². The third-order valence-corrected chi connectivity index (χ3v) is 6.79. The Bertz CT molecular complexity index is 1300. The molecule has 9 nitrogen and oxygen atoms in total. The number of rotatable bonds is 7. The van der Waals surface area contributed by atoms with E-state index in [2.05, 4.69) is 32.7 Å². The first-order valence-corrected chi connectivity index (χ1v) is 12.0. The van der Waals surface area contributed by atoms with Gasteiger partial charge in [0.15, 0.2) is 5.13 Å². The molecule has 0 spiro atoms. The molecule has 1 saturated carbocycles. The van der Waals surface area contributed by atoms with Crippen LogP contribution in [0.25, 0.3) is 10.2 Å². The van der Waals surface area contributed by atoms with Gasteiger partial charge in [-0.2, -0.15) is 4.98 Å². The van der Waals surface area contributed by atoms with E-state index in [1.807, 2.05) is 24.3 Å². The molecule has 4 aromatic rings. The second-order valence-electron chi connectivity index (χ2n) is 8.43. The Hall–Kier alpha value is -3.63. The van der Waals surface area contributed by atoms with Gasteiger partial charge in [0.2, 0.25) is 5.95 Å². The molecule has 0 amide bonds. The third kappa shape index (κ3) is 5.29. The summed E-state index contributed by atoms with van der Waals surface area (Å²) < 4.78 is 0.731. The quantitative estimate of drug-likeness (QED) is 0.250. The zero-order valence-electron chi connectivity index (χ0n) is 18.3. The van der Waals surface area contributed by atoms with E-state index in [1.54, 1.807) is 6.07 Å². The van der Waals surface area contributed by atoms with Crippen molar-refractivity contribution in [1.29, 1.82) is 0 Å². The lowest BCUT2D eigenvalue weighted by molar-refractivity contribution is -0.384. The average molecular weight is 477 g/mol. The van der Waals surface area contributed by atoms with Gasteiger partial charge in [-0.15, -0.1) is 0 Å². The van der Waals surface area contributed by atoms with E-state index in [0.717, 1.165) is 41.6 Å². The van der Waals surface area contributed by atoms with Gasteiger partial charge in [-0.25, -0.2) is 9.97 Å². The van der Waals surface area contributed by atoms with Gasteiger partial charge in [0.25, 0.3) is 5.69 Å². The number of hydrogen-bond acceptors (Lipinski definition) is 9. The molecule has 1 aliphatic carbocycles. The van der Waals surface area contributed by atoms with Crippen LogP contribution in [0.2, 0.25) is 0 Å². The number of nitrogens with zero attached hydrogens (tertiary/aromatic N) is 4. The largest absolute Gasteiger partial charge is 0.393 e. The molecule has 2 aromatic carbocycles. The number of aliphatic hydroxyl groups is 1. The predicted octanol–water partition coefficient (Wildman–Crippen LogP) is 5.04. The van der Waals surface area contributed by atoms with Crippen LogP contribution in [0.4, 0.5) is 22.6 Å². The summed E-state index contributed by atoms with van der Waals surface area (Å²) >= 11 is 1.34. The maximum absolute atomic E-state index is 11.1. The Morgan fingerprint density at radius 3 is 2.59 bits per heavy atom. The molecule has 0 aliphatic heterocycles. The van der Waals surface area contributed by atoms with Crippen molar-refractivity contribution in [2.45, 2.75) is 44.2 Å². The van der Waals surface area contributed by atoms with Crippen molar-refractivity contribution in [1.82, 2.24) is 15.0 Å². The van der Waals surface area contributed by atoms with Crippen LogP contribution in [0, 0.1) is 10.1 Å². The molecule has 0 saturated heterocycles. The van der Waals surface area contributed by atoms with Gasteiger partial charge < -0.3 is 15.7 Å². The molecular weight excluding hydrogens is 452 g/mol. The second-order valence-corrected chi connectivity index (χ2v) is 9.46. The van der Waals surface area contributed by atoms with Crippen molar-refractivity contribution in [2.75, 3.05) is 10.6 Å². The van der Waals surface area contributed by atoms with E-state index in [4.69, 9.17) is 4.98 Å². The number of aliphatic hydroxyl groups excluding tert-OH is 1. The molecule has 5 rings (SSSR count). The standard InChI is InChI=1S/C24H24N6O3S/c31-19-9-6-16(7-10-19)25-23-26-17(12-15-4-2-1-3-5-15)13-22(28-23)29-24-27-20-11-8-18(30(32)33)14-21(20)34-24/h1-5,8,11,13-14,16,19,31H,6-7,9-10,12H2,(H2,25,26,27,28,29). The van der Waals surface area contributed by atoms with Crippen molar-refractivity contribution in [3.05, 3.63) is 76.0 Å². The van der Waals surface area contributed by atoms with E-state index in [1.165, 1.54) is 23.5 Å². The number of aromatic nitrogens is 3. The number of fused-ring (bicyclic) bond motifs is 1. The SMILES string of the molecule is O=[N+]([O-])c1ccc2nc(Nc3cc(Cc4ccccc4)nc(NC4CCC(O)CC4)n3)sc2c1. The molecule has 2 aromatic heterocycles. The highest BCUT2D eigenvalue weighted by Crippen LogP contribution is 2.31. The van der Waals surface area contributed by atoms with E-state index >= 15 is 0 Å². The van der Waals surface area contributed by atoms with Gasteiger partial charge in [0, 0.05) is 30.7 Å². The lowest BCUT2D eigenvalue weighted by Gasteiger charge is -2.26. The van der Waals surface area contributed by atoms with Crippen LogP contribution in [-0.2, 0) is 6.42 Å². The summed E-state index contributed by atoms with van der Waals surface area (Å²) in [7, 11) is 0. The van der Waals surface area contributed by atoms with Crippen molar-refractivity contribution in [3.63, 3.8) is 0 Å². The Labute approximate surface area is 200 Å². The van der Waals surface area contributed by atoms with Gasteiger partial charge in [-0.05, 0) is 37.3 Å². The average Bonchev–Trinajstić information content (AvgIpc) is 3.22. The molecule has 1 fully saturated rings. The van der Waals surface area contributed by atoms with Gasteiger partial charge in [-0.1, -0.05) is 41.7 Å². The maximum atomic E-state index is 11.1. The summed E-state index contributed by atoms with van der Waals surface area (Å²) in [5.74, 6) is 1.14. The van der Waals surface area contributed by atoms with E-state index < -0.39 is 4.92 Å². The minimum absolute atomic E-state index is 0.0407. The predicted molar refractivity (Wildman–Crippen MR) is 133 cm³/mol. The zero-order chi connectivity index (χ0) is 23.5. The topological polar surface area (TPSA) is 126 Å². The number of thiazole rings is 1. The van der Waals surface area contributed by atoms with Gasteiger partial charge in [-0.3, -0.25) is 10.1 Å². The Kier molecular flexibility index (Phi) is 6.33. The molecule has 2 heterocycles. The van der Waals surface area contributed by atoms with Crippen molar-refractivity contribution >= 4 is 44.1 Å². The number of nitro groups is 1. The summed E-state index contributed by atoms with van der Waals surface area (Å²) in [5, 5.41) is 28.2. The number of benzene rings is 2. The summed E-state index contributed by atoms with van der Waals surface area (Å²) in [4.78, 5) is 24.6. The molecule has 0 unspecified atom stereocenters. The fourth-order valence-corrected chi connectivity index (χ4v) is 5.02. The van der Waals surface area contributed by atoms with Crippen LogP contribution in [0.15, 0.2) is 54.6 Å². The van der Waals surface area contributed by atoms with Gasteiger partial charge in [0.05, 0.1) is 26.9 Å². The number of anilines is 3. The third-order valence-electron chi connectivity index (χ3n) is 5.86. The fourth-order valence-electron chi connectivity index (χ4n) is 4.11. The molecule has 34 heavy (non-hydrogen) atoms. The Balaban J connectivity index is 1.42. The van der Waals surface area contributed by atoms with Crippen molar-refractivity contribution < 1.29 is 10.0 Å². The molecule has 10 heteroatoms. The number of non-ortho nitro benzene ring substituents is 1. The number of nitrogens with one attached hydrogen (secondary N) is 2. The summed E-state index contributed by atoms with van der Waals surface area (Å²) in [6.07, 6.45) is 3.70. The van der Waals surface area contributed by atoms with E-state index in [-0.39, 0.29) is 17.8 Å². The molecular formula is C24H24N6O3S. The minimum Gasteiger partial charge on any atom is -0.393 e. The molecule has 3 N–H and O–H groups in total. The second kappa shape index (κ2) is 9.70. The number of hydrogen-bond donors (Lipinski definition) is 3. The molecule has 0 atom stereocenters. The fraction of sp³-hybridized carbons (Fsp3) is 0.292. The molecule has 1 aliphatic rings. The maximum Gasteiger partial charge on any atom is 0.270 e. The van der Waals surface area contributed by atoms with Crippen LogP contribution >= 0.6 is 11.3 Å². The highest BCUT2D eigenvalue weighted by Gasteiger charge is 2.20. The van der Waals surface area contributed by atoms with Gasteiger partial charge in [0.1, 0.15) is 5.82 Å². The summed E-state index contributed by atoms with van der Waals surface area (Å²) in [6, 6.07) is 16.9. The highest BCUT2D eigenvalue weighted by atomic mass is 32.1. The van der Waals surface area contributed by atoms with Crippen molar-refractivity contribution in [2.24, 2.45) is 0 Å². The molecule has 174 valence electrons. The lowest BCUT2D eigenvalue weighted by atomic mass is 9.93. The zero-order valence-corrected chi connectivity index (χ0v) is 19.2. The van der Waals surface area contributed by atoms with Crippen LogP contribution in [-0.4, -0.2) is 37.1 Å². The molecule has 0 radical (unpaired) electrons. The summed E-state index contributed by atoms with van der Waals surface area (Å²) in [5.41, 5.74) is 2.74.